The van der Waals surface area contributed by atoms with Crippen molar-refractivity contribution in [2.24, 2.45) is 5.92 Å². The molecule has 0 spiro atoms. The monoisotopic (exact) mass is 285 g/mol. The van der Waals surface area contributed by atoms with E-state index < -0.39 is 17.7 Å². The number of alkyl carbamates (subject to hydrolysis) is 1. The Morgan fingerprint density at radius 2 is 1.85 bits per heavy atom. The van der Waals surface area contributed by atoms with Gasteiger partial charge in [-0.3, -0.25) is 0 Å². The van der Waals surface area contributed by atoms with Crippen LogP contribution in [0.5, 0.6) is 0 Å². The summed E-state index contributed by atoms with van der Waals surface area (Å²) in [5, 5.41) is 2.75. The van der Waals surface area contributed by atoms with Gasteiger partial charge in [-0.15, -0.1) is 0 Å². The first-order valence-corrected chi connectivity index (χ1v) is 6.98. The molecule has 0 aromatic rings. The molecule has 0 rings (SSSR count). The van der Waals surface area contributed by atoms with Crippen LogP contribution in [-0.2, 0) is 14.3 Å². The molecular weight excluding hydrogens is 258 g/mol. The van der Waals surface area contributed by atoms with Gasteiger partial charge in [-0.1, -0.05) is 19.9 Å². The van der Waals surface area contributed by atoms with Gasteiger partial charge in [-0.05, 0) is 40.0 Å². The van der Waals surface area contributed by atoms with Crippen molar-refractivity contribution in [3.63, 3.8) is 0 Å². The fourth-order valence-electron chi connectivity index (χ4n) is 1.54. The van der Waals surface area contributed by atoms with Gasteiger partial charge in [0.25, 0.3) is 0 Å². The van der Waals surface area contributed by atoms with Crippen LogP contribution in [0.1, 0.15) is 48.0 Å². The van der Waals surface area contributed by atoms with Crippen molar-refractivity contribution >= 4 is 12.1 Å². The molecule has 0 aromatic carbocycles. The Kier molecular flexibility index (Phi) is 7.96. The molecule has 1 amide bonds. The van der Waals surface area contributed by atoms with Crippen LogP contribution in [0.15, 0.2) is 12.2 Å². The van der Waals surface area contributed by atoms with E-state index in [0.29, 0.717) is 12.5 Å². The first-order chi connectivity index (χ1) is 9.14. The van der Waals surface area contributed by atoms with Crippen LogP contribution >= 0.6 is 0 Å². The maximum absolute atomic E-state index is 11.7. The Hall–Kier alpha value is -1.52. The average molecular weight is 285 g/mol. The summed E-state index contributed by atoms with van der Waals surface area (Å²) in [6.45, 7) is 11.6. The fraction of sp³-hybridized carbons (Fsp3) is 0.733. The molecule has 0 aliphatic rings. The number of carbonyl (C=O) groups excluding carboxylic acids is 2. The van der Waals surface area contributed by atoms with Crippen molar-refractivity contribution in [2.75, 3.05) is 6.61 Å². The summed E-state index contributed by atoms with van der Waals surface area (Å²) in [6, 6.07) is -0.255. The zero-order valence-electron chi connectivity index (χ0n) is 13.4. The van der Waals surface area contributed by atoms with Crippen LogP contribution in [0, 0.1) is 5.92 Å². The minimum Gasteiger partial charge on any atom is -0.463 e. The van der Waals surface area contributed by atoms with E-state index >= 15 is 0 Å². The summed E-state index contributed by atoms with van der Waals surface area (Å²) in [7, 11) is 0. The summed E-state index contributed by atoms with van der Waals surface area (Å²) in [4.78, 5) is 23.0. The van der Waals surface area contributed by atoms with Crippen molar-refractivity contribution < 1.29 is 19.1 Å². The standard InChI is InChI=1S/C15H27NO4/c1-7-19-13(17)9-8-12(10-11(2)3)16-14(18)20-15(4,5)6/h8-9,11-12H,7,10H2,1-6H3,(H,16,18). The van der Waals surface area contributed by atoms with Gasteiger partial charge in [-0.25, -0.2) is 9.59 Å². The number of nitrogens with one attached hydrogen (secondary N) is 1. The molecule has 5 heteroatoms. The molecular formula is C15H27NO4. The van der Waals surface area contributed by atoms with Crippen LogP contribution in [0.2, 0.25) is 0 Å². The maximum Gasteiger partial charge on any atom is 0.408 e. The fourth-order valence-corrected chi connectivity index (χ4v) is 1.54. The highest BCUT2D eigenvalue weighted by molar-refractivity contribution is 5.82. The van der Waals surface area contributed by atoms with Gasteiger partial charge in [-0.2, -0.15) is 0 Å². The van der Waals surface area contributed by atoms with Gasteiger partial charge in [0, 0.05) is 6.08 Å². The van der Waals surface area contributed by atoms with E-state index in [1.54, 1.807) is 33.8 Å². The topological polar surface area (TPSA) is 64.6 Å². The predicted octanol–water partition coefficient (Wildman–Crippen LogP) is 3.05. The lowest BCUT2D eigenvalue weighted by molar-refractivity contribution is -0.137. The average Bonchev–Trinajstić information content (AvgIpc) is 2.22. The highest BCUT2D eigenvalue weighted by atomic mass is 16.6. The summed E-state index contributed by atoms with van der Waals surface area (Å²) in [5.74, 6) is -0.0333. The number of esters is 1. The van der Waals surface area contributed by atoms with Gasteiger partial charge in [0.1, 0.15) is 5.60 Å². The highest BCUT2D eigenvalue weighted by Crippen LogP contribution is 2.10. The summed E-state index contributed by atoms with van der Waals surface area (Å²) < 4.78 is 10.0. The van der Waals surface area contributed by atoms with Gasteiger partial charge in [0.15, 0.2) is 0 Å². The summed E-state index contributed by atoms with van der Waals surface area (Å²) in [5.41, 5.74) is -0.544. The highest BCUT2D eigenvalue weighted by Gasteiger charge is 2.19. The molecule has 20 heavy (non-hydrogen) atoms. The lowest BCUT2D eigenvalue weighted by atomic mass is 10.0. The van der Waals surface area contributed by atoms with Crippen molar-refractivity contribution in [1.82, 2.24) is 5.32 Å². The largest absolute Gasteiger partial charge is 0.463 e. The Morgan fingerprint density at radius 1 is 1.25 bits per heavy atom. The Morgan fingerprint density at radius 3 is 2.30 bits per heavy atom. The number of carbonyl (C=O) groups is 2. The van der Waals surface area contributed by atoms with Gasteiger partial charge < -0.3 is 14.8 Å². The minimum atomic E-state index is -0.544. The SMILES string of the molecule is CCOC(=O)C=CC(CC(C)C)NC(=O)OC(C)(C)C. The molecule has 0 aliphatic heterocycles. The van der Waals surface area contributed by atoms with E-state index in [0.717, 1.165) is 6.42 Å². The van der Waals surface area contributed by atoms with Gasteiger partial charge in [0.05, 0.1) is 12.6 Å². The lowest BCUT2D eigenvalue weighted by Gasteiger charge is -2.23. The van der Waals surface area contributed by atoms with Crippen LogP contribution in [-0.4, -0.2) is 30.3 Å². The van der Waals surface area contributed by atoms with Crippen molar-refractivity contribution in [3.8, 4) is 0 Å². The molecule has 1 unspecified atom stereocenters. The Bertz CT molecular complexity index is 342. The van der Waals surface area contributed by atoms with Gasteiger partial charge in [0.2, 0.25) is 0 Å². The number of ether oxygens (including phenoxy) is 2. The molecule has 0 aromatic heterocycles. The number of rotatable bonds is 6. The predicted molar refractivity (Wildman–Crippen MR) is 78.4 cm³/mol. The smallest absolute Gasteiger partial charge is 0.408 e. The van der Waals surface area contributed by atoms with E-state index in [9.17, 15) is 9.59 Å². The number of hydrogen-bond donors (Lipinski definition) is 1. The molecule has 0 bridgehead atoms. The molecule has 0 aliphatic carbocycles. The second-order valence-electron chi connectivity index (χ2n) is 5.99. The second-order valence-corrected chi connectivity index (χ2v) is 5.99. The van der Waals surface area contributed by atoms with Gasteiger partial charge >= 0.3 is 12.1 Å². The van der Waals surface area contributed by atoms with Crippen LogP contribution < -0.4 is 5.32 Å². The van der Waals surface area contributed by atoms with Crippen LogP contribution in [0.4, 0.5) is 4.79 Å². The summed E-state index contributed by atoms with van der Waals surface area (Å²) in [6.07, 6.45) is 3.21. The van der Waals surface area contributed by atoms with Crippen molar-refractivity contribution in [3.05, 3.63) is 12.2 Å². The van der Waals surface area contributed by atoms with Crippen LogP contribution in [0.25, 0.3) is 0 Å². The lowest BCUT2D eigenvalue weighted by Crippen LogP contribution is -2.38. The van der Waals surface area contributed by atoms with E-state index in [-0.39, 0.29) is 6.04 Å². The second kappa shape index (κ2) is 8.61. The Labute approximate surface area is 121 Å². The van der Waals surface area contributed by atoms with Crippen molar-refractivity contribution in [2.45, 2.75) is 59.6 Å². The molecule has 0 saturated carbocycles. The molecule has 1 N–H and O–H groups in total. The maximum atomic E-state index is 11.7. The molecule has 5 nitrogen and oxygen atoms in total. The first-order valence-electron chi connectivity index (χ1n) is 6.98. The van der Waals surface area contributed by atoms with Crippen LogP contribution in [0.3, 0.4) is 0 Å². The minimum absolute atomic E-state index is 0.255. The van der Waals surface area contributed by atoms with E-state index in [2.05, 4.69) is 5.32 Å². The first kappa shape index (κ1) is 18.5. The summed E-state index contributed by atoms with van der Waals surface area (Å²) >= 11 is 0. The molecule has 0 fully saturated rings. The molecule has 0 radical (unpaired) electrons. The molecule has 1 atom stereocenters. The van der Waals surface area contributed by atoms with Crippen molar-refractivity contribution in [1.29, 1.82) is 0 Å². The normalized spacial score (nSPS) is 13.3. The van der Waals surface area contributed by atoms with E-state index in [1.807, 2.05) is 13.8 Å². The molecule has 116 valence electrons. The quantitative estimate of drug-likeness (QED) is 0.602. The third-order valence-corrected chi connectivity index (χ3v) is 2.18. The molecule has 0 saturated heterocycles. The zero-order chi connectivity index (χ0) is 15.8. The molecule has 0 heterocycles. The Balaban J connectivity index is 4.56. The van der Waals surface area contributed by atoms with E-state index in [4.69, 9.17) is 9.47 Å². The van der Waals surface area contributed by atoms with E-state index in [1.165, 1.54) is 6.08 Å². The third kappa shape index (κ3) is 10.4. The zero-order valence-corrected chi connectivity index (χ0v) is 13.4. The number of hydrogen-bond acceptors (Lipinski definition) is 4. The third-order valence-electron chi connectivity index (χ3n) is 2.18. The number of amides is 1.